The lowest BCUT2D eigenvalue weighted by atomic mass is 10.2. The number of rotatable bonds is 3. The molecule has 2 heterocycles. The van der Waals surface area contributed by atoms with Crippen LogP contribution in [0.5, 0.6) is 0 Å². The van der Waals surface area contributed by atoms with E-state index >= 15 is 0 Å². The Kier molecular flexibility index (Phi) is 3.07. The van der Waals surface area contributed by atoms with Crippen molar-refractivity contribution in [2.45, 2.75) is 37.3 Å². The van der Waals surface area contributed by atoms with E-state index in [1.54, 1.807) is 0 Å². The SMILES string of the molecule is CC(C)(S)OC1CCN(C2COC2)C1. The third-order valence-electron chi connectivity index (χ3n) is 2.77. The van der Waals surface area contributed by atoms with Crippen molar-refractivity contribution in [1.82, 2.24) is 4.90 Å². The molecule has 0 aromatic heterocycles. The highest BCUT2D eigenvalue weighted by Crippen LogP contribution is 2.24. The quantitative estimate of drug-likeness (QED) is 0.566. The maximum Gasteiger partial charge on any atom is 0.105 e. The number of likely N-dealkylation sites (tertiary alicyclic amines) is 1. The van der Waals surface area contributed by atoms with E-state index in [2.05, 4.69) is 17.5 Å². The van der Waals surface area contributed by atoms with Crippen molar-refractivity contribution in [1.29, 1.82) is 0 Å². The smallest absolute Gasteiger partial charge is 0.105 e. The summed E-state index contributed by atoms with van der Waals surface area (Å²) in [6.45, 7) is 7.96. The molecule has 1 unspecified atom stereocenters. The molecular weight excluding hydrogens is 198 g/mol. The third kappa shape index (κ3) is 2.63. The first-order chi connectivity index (χ1) is 6.54. The molecule has 2 rings (SSSR count). The molecule has 14 heavy (non-hydrogen) atoms. The molecule has 3 nitrogen and oxygen atoms in total. The Bertz CT molecular complexity index is 201. The van der Waals surface area contributed by atoms with Crippen LogP contribution in [-0.4, -0.2) is 48.3 Å². The molecule has 0 N–H and O–H groups in total. The first-order valence-corrected chi connectivity index (χ1v) is 5.71. The van der Waals surface area contributed by atoms with Crippen LogP contribution in [-0.2, 0) is 9.47 Å². The normalized spacial score (nSPS) is 30.6. The van der Waals surface area contributed by atoms with E-state index in [1.807, 2.05) is 13.8 Å². The highest BCUT2D eigenvalue weighted by atomic mass is 32.1. The zero-order valence-electron chi connectivity index (χ0n) is 8.90. The maximum atomic E-state index is 5.83. The fourth-order valence-corrected chi connectivity index (χ4v) is 2.17. The van der Waals surface area contributed by atoms with E-state index in [1.165, 1.54) is 0 Å². The number of thiol groups is 1. The Morgan fingerprint density at radius 2 is 2.14 bits per heavy atom. The standard InChI is InChI=1S/C10H19NO2S/c1-10(2,14)13-9-3-4-11(5-9)8-6-12-7-8/h8-9,14H,3-7H2,1-2H3. The largest absolute Gasteiger partial charge is 0.378 e. The van der Waals surface area contributed by atoms with E-state index in [9.17, 15) is 0 Å². The Morgan fingerprint density at radius 3 is 2.64 bits per heavy atom. The zero-order chi connectivity index (χ0) is 10.2. The topological polar surface area (TPSA) is 21.7 Å². The third-order valence-corrected chi connectivity index (χ3v) is 2.87. The van der Waals surface area contributed by atoms with Gasteiger partial charge in [-0.3, -0.25) is 4.90 Å². The molecule has 0 radical (unpaired) electrons. The predicted octanol–water partition coefficient (Wildman–Crippen LogP) is 1.14. The molecule has 2 aliphatic heterocycles. The van der Waals surface area contributed by atoms with E-state index in [4.69, 9.17) is 9.47 Å². The first kappa shape index (κ1) is 10.7. The van der Waals surface area contributed by atoms with E-state index in [-0.39, 0.29) is 4.93 Å². The first-order valence-electron chi connectivity index (χ1n) is 5.26. The van der Waals surface area contributed by atoms with Crippen molar-refractivity contribution in [3.05, 3.63) is 0 Å². The minimum absolute atomic E-state index is 0.309. The molecule has 2 saturated heterocycles. The summed E-state index contributed by atoms with van der Waals surface area (Å²) in [7, 11) is 0. The molecule has 2 aliphatic rings. The molecule has 4 heteroatoms. The average molecular weight is 217 g/mol. The minimum atomic E-state index is -0.309. The fraction of sp³-hybridized carbons (Fsp3) is 1.00. The minimum Gasteiger partial charge on any atom is -0.378 e. The highest BCUT2D eigenvalue weighted by Gasteiger charge is 2.34. The summed E-state index contributed by atoms with van der Waals surface area (Å²) in [6, 6.07) is 0.645. The summed E-state index contributed by atoms with van der Waals surface area (Å²) in [5.74, 6) is 0. The Morgan fingerprint density at radius 1 is 1.43 bits per heavy atom. The number of hydrogen-bond acceptors (Lipinski definition) is 4. The van der Waals surface area contributed by atoms with Gasteiger partial charge in [0, 0.05) is 13.1 Å². The molecule has 82 valence electrons. The molecule has 0 aromatic carbocycles. The van der Waals surface area contributed by atoms with Gasteiger partial charge in [-0.25, -0.2) is 0 Å². The summed E-state index contributed by atoms with van der Waals surface area (Å²) >= 11 is 4.38. The molecule has 0 bridgehead atoms. The second kappa shape index (κ2) is 4.00. The van der Waals surface area contributed by atoms with Crippen molar-refractivity contribution in [3.63, 3.8) is 0 Å². The van der Waals surface area contributed by atoms with Crippen LogP contribution in [0.15, 0.2) is 0 Å². The van der Waals surface area contributed by atoms with E-state index in [0.717, 1.165) is 32.7 Å². The van der Waals surface area contributed by atoms with Gasteiger partial charge in [-0.15, -0.1) is 12.6 Å². The van der Waals surface area contributed by atoms with E-state index < -0.39 is 0 Å². The van der Waals surface area contributed by atoms with Gasteiger partial charge in [-0.1, -0.05) is 0 Å². The van der Waals surface area contributed by atoms with Crippen LogP contribution in [0.2, 0.25) is 0 Å². The Hall–Kier alpha value is 0.230. The number of ether oxygens (including phenoxy) is 2. The molecule has 1 atom stereocenters. The lowest BCUT2D eigenvalue weighted by Gasteiger charge is -2.34. The second-order valence-electron chi connectivity index (χ2n) is 4.66. The van der Waals surface area contributed by atoms with Crippen LogP contribution in [0.4, 0.5) is 0 Å². The van der Waals surface area contributed by atoms with Gasteiger partial charge in [-0.2, -0.15) is 0 Å². The van der Waals surface area contributed by atoms with Crippen LogP contribution in [0.3, 0.4) is 0 Å². The summed E-state index contributed by atoms with van der Waals surface area (Å²) in [5.41, 5.74) is 0. The monoisotopic (exact) mass is 217 g/mol. The van der Waals surface area contributed by atoms with Crippen LogP contribution in [0.25, 0.3) is 0 Å². The average Bonchev–Trinajstić information content (AvgIpc) is 2.28. The van der Waals surface area contributed by atoms with Gasteiger partial charge in [0.25, 0.3) is 0 Å². The molecule has 0 aliphatic carbocycles. The second-order valence-corrected chi connectivity index (χ2v) is 5.74. The maximum absolute atomic E-state index is 5.83. The van der Waals surface area contributed by atoms with Crippen molar-refractivity contribution in [3.8, 4) is 0 Å². The van der Waals surface area contributed by atoms with Gasteiger partial charge in [-0.05, 0) is 20.3 Å². The molecule has 0 saturated carbocycles. The van der Waals surface area contributed by atoms with Gasteiger partial charge < -0.3 is 9.47 Å². The van der Waals surface area contributed by atoms with Crippen molar-refractivity contribution in [2.75, 3.05) is 26.3 Å². The predicted molar refractivity (Wildman–Crippen MR) is 58.7 cm³/mol. The van der Waals surface area contributed by atoms with E-state index in [0.29, 0.717) is 12.1 Å². The summed E-state index contributed by atoms with van der Waals surface area (Å²) in [6.07, 6.45) is 1.48. The number of nitrogens with zero attached hydrogens (tertiary/aromatic N) is 1. The van der Waals surface area contributed by atoms with Crippen LogP contribution in [0, 0.1) is 0 Å². The van der Waals surface area contributed by atoms with Crippen LogP contribution >= 0.6 is 12.6 Å². The molecule has 0 aromatic rings. The fourth-order valence-electron chi connectivity index (χ4n) is 2.02. The van der Waals surface area contributed by atoms with Gasteiger partial charge >= 0.3 is 0 Å². The Labute approximate surface area is 91.2 Å². The zero-order valence-corrected chi connectivity index (χ0v) is 9.80. The number of hydrogen-bond donors (Lipinski definition) is 1. The van der Waals surface area contributed by atoms with Gasteiger partial charge in [0.15, 0.2) is 0 Å². The van der Waals surface area contributed by atoms with Crippen LogP contribution in [0.1, 0.15) is 20.3 Å². The summed E-state index contributed by atoms with van der Waals surface area (Å²) < 4.78 is 11.0. The van der Waals surface area contributed by atoms with Gasteiger partial charge in [0.2, 0.25) is 0 Å². The molecular formula is C10H19NO2S. The molecule has 0 amide bonds. The van der Waals surface area contributed by atoms with Crippen molar-refractivity contribution < 1.29 is 9.47 Å². The van der Waals surface area contributed by atoms with Crippen LogP contribution < -0.4 is 0 Å². The summed E-state index contributed by atoms with van der Waals surface area (Å²) in [5, 5.41) is 0. The lowest BCUT2D eigenvalue weighted by Crippen LogP contribution is -2.48. The van der Waals surface area contributed by atoms with Crippen molar-refractivity contribution >= 4 is 12.6 Å². The molecule has 0 spiro atoms. The van der Waals surface area contributed by atoms with Crippen molar-refractivity contribution in [2.24, 2.45) is 0 Å². The highest BCUT2D eigenvalue weighted by molar-refractivity contribution is 7.81. The lowest BCUT2D eigenvalue weighted by molar-refractivity contribution is -0.0668. The summed E-state index contributed by atoms with van der Waals surface area (Å²) in [4.78, 5) is 2.16. The van der Waals surface area contributed by atoms with Gasteiger partial charge in [0.1, 0.15) is 4.93 Å². The van der Waals surface area contributed by atoms with Gasteiger partial charge in [0.05, 0.1) is 25.4 Å². The Balaban J connectivity index is 1.76. The molecule has 2 fully saturated rings.